The van der Waals surface area contributed by atoms with Crippen LogP contribution in [0.15, 0.2) is 35.7 Å². The maximum Gasteiger partial charge on any atom is 0.256 e. The van der Waals surface area contributed by atoms with Crippen LogP contribution >= 0.6 is 11.3 Å². The number of nitrogens with one attached hydrogen (secondary N) is 1. The SMILES string of the molecule is CCc1cc(C(=O)Nc2ccc(C(=O)CN)cc2)cs1. The Morgan fingerprint density at radius 1 is 1.20 bits per heavy atom. The molecular formula is C15H16N2O2S. The molecular weight excluding hydrogens is 272 g/mol. The highest BCUT2D eigenvalue weighted by molar-refractivity contribution is 7.10. The molecule has 1 aromatic heterocycles. The maximum atomic E-state index is 12.0. The molecule has 1 aromatic carbocycles. The number of Topliss-reactive ketones (excluding diaryl/α,β-unsaturated/α-hetero) is 1. The molecule has 0 radical (unpaired) electrons. The summed E-state index contributed by atoms with van der Waals surface area (Å²) in [5.41, 5.74) is 7.17. The van der Waals surface area contributed by atoms with Gasteiger partial charge in [-0.3, -0.25) is 9.59 Å². The fourth-order valence-electron chi connectivity index (χ4n) is 1.75. The third-order valence-electron chi connectivity index (χ3n) is 2.91. The van der Waals surface area contributed by atoms with Gasteiger partial charge < -0.3 is 11.1 Å². The molecule has 0 saturated heterocycles. The standard InChI is InChI=1S/C15H16N2O2S/c1-2-13-7-11(9-20-13)15(19)17-12-5-3-10(4-6-12)14(18)8-16/h3-7,9H,2,8,16H2,1H3,(H,17,19). The number of carbonyl (C=O) groups is 2. The van der Waals surface area contributed by atoms with E-state index in [0.717, 1.165) is 6.42 Å². The molecule has 0 fully saturated rings. The molecule has 2 aromatic rings. The number of ketones is 1. The summed E-state index contributed by atoms with van der Waals surface area (Å²) < 4.78 is 0. The minimum atomic E-state index is -0.140. The number of anilines is 1. The predicted molar refractivity (Wildman–Crippen MR) is 81.5 cm³/mol. The molecule has 3 N–H and O–H groups in total. The molecule has 0 aliphatic heterocycles. The fraction of sp³-hybridized carbons (Fsp3) is 0.200. The Hall–Kier alpha value is -1.98. The summed E-state index contributed by atoms with van der Waals surface area (Å²) in [5, 5.41) is 4.65. The van der Waals surface area contributed by atoms with E-state index in [9.17, 15) is 9.59 Å². The van der Waals surface area contributed by atoms with Crippen LogP contribution in [0.3, 0.4) is 0 Å². The van der Waals surface area contributed by atoms with Gasteiger partial charge in [-0.2, -0.15) is 0 Å². The van der Waals surface area contributed by atoms with Crippen LogP contribution in [0.1, 0.15) is 32.5 Å². The molecule has 1 amide bonds. The van der Waals surface area contributed by atoms with Crippen molar-refractivity contribution < 1.29 is 9.59 Å². The number of aryl methyl sites for hydroxylation is 1. The van der Waals surface area contributed by atoms with Crippen molar-refractivity contribution in [1.29, 1.82) is 0 Å². The number of carbonyl (C=O) groups excluding carboxylic acids is 2. The topological polar surface area (TPSA) is 72.2 Å². The second kappa shape index (κ2) is 6.45. The Bertz CT molecular complexity index is 617. The minimum Gasteiger partial charge on any atom is -0.324 e. The highest BCUT2D eigenvalue weighted by Gasteiger charge is 2.09. The zero-order valence-corrected chi connectivity index (χ0v) is 12.0. The summed E-state index contributed by atoms with van der Waals surface area (Å²) in [5.74, 6) is -0.257. The molecule has 5 heteroatoms. The van der Waals surface area contributed by atoms with Crippen LogP contribution in [-0.4, -0.2) is 18.2 Å². The molecule has 20 heavy (non-hydrogen) atoms. The molecule has 0 aliphatic rings. The lowest BCUT2D eigenvalue weighted by Gasteiger charge is -2.04. The summed E-state index contributed by atoms with van der Waals surface area (Å²) in [7, 11) is 0. The van der Waals surface area contributed by atoms with Crippen molar-refractivity contribution in [3.8, 4) is 0 Å². The predicted octanol–water partition coefficient (Wildman–Crippen LogP) is 2.70. The first kappa shape index (κ1) is 14.4. The largest absolute Gasteiger partial charge is 0.324 e. The Morgan fingerprint density at radius 2 is 1.90 bits per heavy atom. The van der Waals surface area contributed by atoms with Crippen LogP contribution in [0.4, 0.5) is 5.69 Å². The second-order valence-corrected chi connectivity index (χ2v) is 5.31. The van der Waals surface area contributed by atoms with E-state index in [1.54, 1.807) is 35.6 Å². The maximum absolute atomic E-state index is 12.0. The summed E-state index contributed by atoms with van der Waals surface area (Å²) >= 11 is 1.58. The first-order valence-corrected chi connectivity index (χ1v) is 7.24. The van der Waals surface area contributed by atoms with Gasteiger partial charge in [-0.15, -0.1) is 11.3 Å². The number of thiophene rings is 1. The van der Waals surface area contributed by atoms with Crippen molar-refractivity contribution in [2.24, 2.45) is 5.73 Å². The first-order chi connectivity index (χ1) is 9.63. The van der Waals surface area contributed by atoms with Gasteiger partial charge in [0.15, 0.2) is 5.78 Å². The third kappa shape index (κ3) is 3.31. The third-order valence-corrected chi connectivity index (χ3v) is 4.00. The van der Waals surface area contributed by atoms with Gasteiger partial charge in [-0.1, -0.05) is 6.92 Å². The van der Waals surface area contributed by atoms with Gasteiger partial charge >= 0.3 is 0 Å². The van der Waals surface area contributed by atoms with Crippen molar-refractivity contribution >= 4 is 28.7 Å². The van der Waals surface area contributed by atoms with Crippen LogP contribution in [-0.2, 0) is 6.42 Å². The van der Waals surface area contributed by atoms with E-state index in [4.69, 9.17) is 5.73 Å². The first-order valence-electron chi connectivity index (χ1n) is 6.36. The number of hydrogen-bond donors (Lipinski definition) is 2. The van der Waals surface area contributed by atoms with E-state index in [1.807, 2.05) is 11.4 Å². The van der Waals surface area contributed by atoms with Gasteiger partial charge in [-0.25, -0.2) is 0 Å². The van der Waals surface area contributed by atoms with Crippen LogP contribution in [0, 0.1) is 0 Å². The van der Waals surface area contributed by atoms with Crippen LogP contribution < -0.4 is 11.1 Å². The Morgan fingerprint density at radius 3 is 2.45 bits per heavy atom. The summed E-state index contributed by atoms with van der Waals surface area (Å²) in [6, 6.07) is 8.62. The molecule has 0 unspecified atom stereocenters. The molecule has 0 saturated carbocycles. The highest BCUT2D eigenvalue weighted by Crippen LogP contribution is 2.17. The molecule has 2 rings (SSSR count). The van der Waals surface area contributed by atoms with Gasteiger partial charge in [0.1, 0.15) is 0 Å². The van der Waals surface area contributed by atoms with Crippen molar-refractivity contribution in [2.75, 3.05) is 11.9 Å². The van der Waals surface area contributed by atoms with Crippen molar-refractivity contribution in [2.45, 2.75) is 13.3 Å². The quantitative estimate of drug-likeness (QED) is 0.831. The number of hydrogen-bond acceptors (Lipinski definition) is 4. The molecule has 0 aliphatic carbocycles. The highest BCUT2D eigenvalue weighted by atomic mass is 32.1. The van der Waals surface area contributed by atoms with E-state index in [1.165, 1.54) is 4.88 Å². The average molecular weight is 288 g/mol. The molecule has 104 valence electrons. The van der Waals surface area contributed by atoms with Crippen molar-refractivity contribution in [3.63, 3.8) is 0 Å². The summed E-state index contributed by atoms with van der Waals surface area (Å²) in [6.45, 7) is 2.04. The average Bonchev–Trinajstić information content (AvgIpc) is 2.96. The van der Waals surface area contributed by atoms with Gasteiger partial charge in [0.25, 0.3) is 5.91 Å². The number of nitrogens with two attached hydrogens (primary N) is 1. The number of rotatable bonds is 5. The number of amides is 1. The van der Waals surface area contributed by atoms with Gasteiger partial charge in [0, 0.05) is 21.5 Å². The Labute approximate surface area is 121 Å². The van der Waals surface area contributed by atoms with Crippen molar-refractivity contribution in [1.82, 2.24) is 0 Å². The zero-order chi connectivity index (χ0) is 14.5. The van der Waals surface area contributed by atoms with E-state index >= 15 is 0 Å². The molecule has 0 atom stereocenters. The molecule has 0 bridgehead atoms. The number of benzene rings is 1. The van der Waals surface area contributed by atoms with Crippen LogP contribution in [0.25, 0.3) is 0 Å². The minimum absolute atomic E-state index is 0.0135. The zero-order valence-electron chi connectivity index (χ0n) is 11.2. The van der Waals surface area contributed by atoms with Crippen molar-refractivity contribution in [3.05, 3.63) is 51.7 Å². The van der Waals surface area contributed by atoms with E-state index in [2.05, 4.69) is 12.2 Å². The van der Waals surface area contributed by atoms with E-state index in [-0.39, 0.29) is 18.2 Å². The van der Waals surface area contributed by atoms with Gasteiger partial charge in [0.05, 0.1) is 12.1 Å². The smallest absolute Gasteiger partial charge is 0.256 e. The molecule has 1 heterocycles. The van der Waals surface area contributed by atoms with Crippen LogP contribution in [0.5, 0.6) is 0 Å². The normalized spacial score (nSPS) is 10.3. The fourth-order valence-corrected chi connectivity index (χ4v) is 2.56. The molecule has 4 nitrogen and oxygen atoms in total. The summed E-state index contributed by atoms with van der Waals surface area (Å²) in [4.78, 5) is 24.6. The monoisotopic (exact) mass is 288 g/mol. The van der Waals surface area contributed by atoms with E-state index < -0.39 is 0 Å². The Balaban J connectivity index is 2.06. The summed E-state index contributed by atoms with van der Waals surface area (Å²) in [6.07, 6.45) is 0.924. The molecule has 0 spiro atoms. The lowest BCUT2D eigenvalue weighted by Crippen LogP contribution is -2.14. The lowest BCUT2D eigenvalue weighted by molar-refractivity contribution is 0.0999. The second-order valence-electron chi connectivity index (χ2n) is 4.31. The van der Waals surface area contributed by atoms with Gasteiger partial charge in [0.2, 0.25) is 0 Å². The van der Waals surface area contributed by atoms with Gasteiger partial charge in [-0.05, 0) is 36.8 Å². The lowest BCUT2D eigenvalue weighted by atomic mass is 10.1. The van der Waals surface area contributed by atoms with Crippen LogP contribution in [0.2, 0.25) is 0 Å². The Kier molecular flexibility index (Phi) is 4.65. The van der Waals surface area contributed by atoms with E-state index in [0.29, 0.717) is 16.8 Å².